The molecule has 1 aliphatic heterocycles. The second-order valence-corrected chi connectivity index (χ2v) is 10.3. The first-order valence-electron chi connectivity index (χ1n) is 10.8. The van der Waals surface area contributed by atoms with Crippen LogP contribution in [0.25, 0.3) is 0 Å². The maximum Gasteiger partial charge on any atom is 0.251 e. The van der Waals surface area contributed by atoms with Crippen molar-refractivity contribution in [3.63, 3.8) is 0 Å². The Balaban J connectivity index is 1.72. The number of ether oxygens (including phenoxy) is 1. The highest BCUT2D eigenvalue weighted by atomic mass is 32.2. The second kappa shape index (κ2) is 10.4. The minimum Gasteiger partial charge on any atom is -0.377 e. The summed E-state index contributed by atoms with van der Waals surface area (Å²) in [5, 5.41) is 2.90. The molecule has 2 aromatic rings. The second-order valence-electron chi connectivity index (χ2n) is 8.38. The number of rotatable bonds is 8. The highest BCUT2D eigenvalue weighted by molar-refractivity contribution is 7.89. The fraction of sp³-hybridized carbons (Fsp3) is 0.458. The predicted molar refractivity (Wildman–Crippen MR) is 121 cm³/mol. The largest absolute Gasteiger partial charge is 0.377 e. The lowest BCUT2D eigenvalue weighted by Gasteiger charge is -2.34. The molecule has 7 heteroatoms. The van der Waals surface area contributed by atoms with Crippen LogP contribution in [0.5, 0.6) is 0 Å². The standard InChI is InChI=1S/C24H32N2O4S/c1-4-30-17-22-9-6-5-8-21(22)14-25-24(27)20-10-7-11-23(13-20)31(28,29)26-15-18(2)12-19(3)16-26/h5-11,13,18-19H,4,12,14-17H2,1-3H3,(H,25,27). The molecule has 1 N–H and O–H groups in total. The lowest BCUT2D eigenvalue weighted by Crippen LogP contribution is -2.42. The quantitative estimate of drug-likeness (QED) is 0.672. The van der Waals surface area contributed by atoms with Crippen LogP contribution in [0.3, 0.4) is 0 Å². The summed E-state index contributed by atoms with van der Waals surface area (Å²) >= 11 is 0. The minimum absolute atomic E-state index is 0.165. The van der Waals surface area contributed by atoms with E-state index in [1.54, 1.807) is 22.5 Å². The van der Waals surface area contributed by atoms with E-state index in [1.807, 2.05) is 31.2 Å². The number of hydrogen-bond acceptors (Lipinski definition) is 4. The number of carbonyl (C=O) groups is 1. The van der Waals surface area contributed by atoms with Crippen LogP contribution in [-0.2, 0) is 27.9 Å². The third-order valence-electron chi connectivity index (χ3n) is 5.59. The van der Waals surface area contributed by atoms with Gasteiger partial charge in [0.05, 0.1) is 11.5 Å². The average Bonchev–Trinajstić information content (AvgIpc) is 2.76. The highest BCUT2D eigenvalue weighted by Crippen LogP contribution is 2.27. The molecule has 1 fully saturated rings. The Morgan fingerprint density at radius 2 is 1.74 bits per heavy atom. The first kappa shape index (κ1) is 23.4. The van der Waals surface area contributed by atoms with Crippen molar-refractivity contribution in [1.29, 1.82) is 0 Å². The van der Waals surface area contributed by atoms with Gasteiger partial charge in [0.15, 0.2) is 0 Å². The van der Waals surface area contributed by atoms with E-state index >= 15 is 0 Å². The molecule has 1 aliphatic rings. The molecule has 31 heavy (non-hydrogen) atoms. The van der Waals surface area contributed by atoms with E-state index in [9.17, 15) is 13.2 Å². The predicted octanol–water partition coefficient (Wildman–Crippen LogP) is 3.82. The fourth-order valence-electron chi connectivity index (χ4n) is 4.11. The molecule has 6 nitrogen and oxygen atoms in total. The molecule has 0 saturated carbocycles. The van der Waals surface area contributed by atoms with Crippen LogP contribution in [-0.4, -0.2) is 38.3 Å². The molecule has 2 aromatic carbocycles. The van der Waals surface area contributed by atoms with E-state index in [2.05, 4.69) is 19.2 Å². The van der Waals surface area contributed by atoms with Gasteiger partial charge < -0.3 is 10.1 Å². The third kappa shape index (κ3) is 5.93. The molecule has 1 heterocycles. The number of hydrogen-bond donors (Lipinski definition) is 1. The monoisotopic (exact) mass is 444 g/mol. The zero-order valence-corrected chi connectivity index (χ0v) is 19.3. The van der Waals surface area contributed by atoms with Gasteiger partial charge in [-0.15, -0.1) is 0 Å². The van der Waals surface area contributed by atoms with Crippen molar-refractivity contribution < 1.29 is 17.9 Å². The number of benzene rings is 2. The van der Waals surface area contributed by atoms with E-state index in [0.29, 0.717) is 50.2 Å². The summed E-state index contributed by atoms with van der Waals surface area (Å²) in [5.74, 6) is 0.340. The van der Waals surface area contributed by atoms with Crippen molar-refractivity contribution in [2.24, 2.45) is 11.8 Å². The smallest absolute Gasteiger partial charge is 0.251 e. The van der Waals surface area contributed by atoms with E-state index in [-0.39, 0.29) is 10.8 Å². The summed E-state index contributed by atoms with van der Waals surface area (Å²) in [7, 11) is -3.63. The molecule has 0 aliphatic carbocycles. The van der Waals surface area contributed by atoms with Gasteiger partial charge in [-0.25, -0.2) is 8.42 Å². The number of amides is 1. The highest BCUT2D eigenvalue weighted by Gasteiger charge is 2.31. The van der Waals surface area contributed by atoms with E-state index in [0.717, 1.165) is 17.5 Å². The van der Waals surface area contributed by atoms with Crippen LogP contribution in [0.1, 0.15) is 48.7 Å². The van der Waals surface area contributed by atoms with Crippen LogP contribution in [0.2, 0.25) is 0 Å². The summed E-state index contributed by atoms with van der Waals surface area (Å²) < 4.78 is 33.4. The van der Waals surface area contributed by atoms with Crippen molar-refractivity contribution in [3.8, 4) is 0 Å². The molecule has 0 bridgehead atoms. The Hall–Kier alpha value is -2.22. The normalized spacial score (nSPS) is 19.8. The lowest BCUT2D eigenvalue weighted by molar-refractivity contribution is 0.0949. The van der Waals surface area contributed by atoms with Gasteiger partial charge in [0.2, 0.25) is 10.0 Å². The number of piperidine rings is 1. The van der Waals surface area contributed by atoms with E-state index in [4.69, 9.17) is 4.74 Å². The maximum atomic E-state index is 13.2. The Kier molecular flexibility index (Phi) is 7.86. The number of nitrogens with one attached hydrogen (secondary N) is 1. The zero-order valence-electron chi connectivity index (χ0n) is 18.5. The zero-order chi connectivity index (χ0) is 22.4. The topological polar surface area (TPSA) is 75.7 Å². The third-order valence-corrected chi connectivity index (χ3v) is 7.42. The average molecular weight is 445 g/mol. The van der Waals surface area contributed by atoms with Gasteiger partial charge >= 0.3 is 0 Å². The van der Waals surface area contributed by atoms with Gasteiger partial charge in [0.1, 0.15) is 0 Å². The molecule has 0 radical (unpaired) electrons. The van der Waals surface area contributed by atoms with Gasteiger partial charge in [-0.3, -0.25) is 4.79 Å². The van der Waals surface area contributed by atoms with Gasteiger partial charge in [-0.1, -0.05) is 44.2 Å². The first-order valence-corrected chi connectivity index (χ1v) is 12.3. The Morgan fingerprint density at radius 3 is 2.42 bits per heavy atom. The van der Waals surface area contributed by atoms with Gasteiger partial charge in [0, 0.05) is 31.8 Å². The molecule has 2 unspecified atom stereocenters. The molecule has 1 amide bonds. The van der Waals surface area contributed by atoms with E-state index < -0.39 is 10.0 Å². The van der Waals surface area contributed by atoms with Gasteiger partial charge in [0.25, 0.3) is 5.91 Å². The first-order chi connectivity index (χ1) is 14.8. The molecule has 1 saturated heterocycles. The summed E-state index contributed by atoms with van der Waals surface area (Å²) in [6.45, 7) is 8.58. The summed E-state index contributed by atoms with van der Waals surface area (Å²) in [6.07, 6.45) is 1.03. The van der Waals surface area contributed by atoms with E-state index in [1.165, 1.54) is 6.07 Å². The summed E-state index contributed by atoms with van der Waals surface area (Å²) in [6, 6.07) is 14.1. The summed E-state index contributed by atoms with van der Waals surface area (Å²) in [5.41, 5.74) is 2.33. The van der Waals surface area contributed by atoms with Crippen LogP contribution in [0.4, 0.5) is 0 Å². The molecular weight excluding hydrogens is 412 g/mol. The molecule has 2 atom stereocenters. The molecule has 3 rings (SSSR count). The van der Waals surface area contributed by atoms with Crippen molar-refractivity contribution in [3.05, 3.63) is 65.2 Å². The number of nitrogens with zero attached hydrogens (tertiary/aromatic N) is 1. The van der Waals surface area contributed by atoms with Gasteiger partial charge in [-0.2, -0.15) is 4.31 Å². The van der Waals surface area contributed by atoms with Crippen LogP contribution < -0.4 is 5.32 Å². The van der Waals surface area contributed by atoms with Crippen LogP contribution in [0.15, 0.2) is 53.4 Å². The Morgan fingerprint density at radius 1 is 1.06 bits per heavy atom. The van der Waals surface area contributed by atoms with Crippen molar-refractivity contribution in [2.75, 3.05) is 19.7 Å². The molecule has 0 aromatic heterocycles. The molecular formula is C24H32N2O4S. The van der Waals surface area contributed by atoms with Crippen molar-refractivity contribution in [2.45, 2.75) is 45.2 Å². The summed E-state index contributed by atoms with van der Waals surface area (Å²) in [4.78, 5) is 12.9. The lowest BCUT2D eigenvalue weighted by atomic mass is 9.94. The van der Waals surface area contributed by atoms with Crippen molar-refractivity contribution in [1.82, 2.24) is 9.62 Å². The van der Waals surface area contributed by atoms with Crippen molar-refractivity contribution >= 4 is 15.9 Å². The Bertz CT molecular complexity index is 996. The van der Waals surface area contributed by atoms with Crippen LogP contribution in [0, 0.1) is 11.8 Å². The SMILES string of the molecule is CCOCc1ccccc1CNC(=O)c1cccc(S(=O)(=O)N2CC(C)CC(C)C2)c1. The molecule has 168 valence electrons. The maximum absolute atomic E-state index is 13.2. The number of sulfonamides is 1. The Labute approximate surface area is 185 Å². The minimum atomic E-state index is -3.63. The molecule has 0 spiro atoms. The fourth-order valence-corrected chi connectivity index (χ4v) is 5.84. The van der Waals surface area contributed by atoms with Gasteiger partial charge in [-0.05, 0) is 54.5 Å². The number of carbonyl (C=O) groups excluding carboxylic acids is 1. The van der Waals surface area contributed by atoms with Crippen LogP contribution >= 0.6 is 0 Å².